The molecule has 0 unspecified atom stereocenters. The summed E-state index contributed by atoms with van der Waals surface area (Å²) in [4.78, 5) is 18.2. The zero-order chi connectivity index (χ0) is 21.8. The Labute approximate surface area is 189 Å². The van der Waals surface area contributed by atoms with Crippen molar-refractivity contribution >= 4 is 17.4 Å². The molecule has 0 atom stereocenters. The Balaban J connectivity index is 1.36. The fourth-order valence-electron chi connectivity index (χ4n) is 3.50. The van der Waals surface area contributed by atoms with Crippen LogP contribution in [0.2, 0.25) is 0 Å². The van der Waals surface area contributed by atoms with Gasteiger partial charge in [-0.2, -0.15) is 9.61 Å². The van der Waals surface area contributed by atoms with Gasteiger partial charge in [0.25, 0.3) is 5.56 Å². The predicted molar refractivity (Wildman–Crippen MR) is 127 cm³/mol. The van der Waals surface area contributed by atoms with Gasteiger partial charge in [-0.15, -0.1) is 0 Å². The number of hydrogen-bond donors (Lipinski definition) is 1. The number of aromatic amines is 1. The summed E-state index contributed by atoms with van der Waals surface area (Å²) in [5.74, 6) is 0. The lowest BCUT2D eigenvalue weighted by Gasteiger charge is -2.07. The van der Waals surface area contributed by atoms with Gasteiger partial charge in [0.2, 0.25) is 0 Å². The van der Waals surface area contributed by atoms with Crippen LogP contribution in [0.3, 0.4) is 0 Å². The average molecular weight is 440 g/mol. The summed E-state index contributed by atoms with van der Waals surface area (Å²) in [6, 6.07) is 30.1. The zero-order valence-electron chi connectivity index (χ0n) is 17.3. The number of nitrogens with zero attached hydrogens (tertiary/aromatic N) is 2. The number of benzene rings is 3. The molecular weight excluding hydrogens is 418 g/mol. The highest BCUT2D eigenvalue weighted by molar-refractivity contribution is 7.99. The van der Waals surface area contributed by atoms with E-state index in [0.29, 0.717) is 18.9 Å². The number of fused-ring (bicyclic) bond motifs is 1. The van der Waals surface area contributed by atoms with Crippen LogP contribution < -0.4 is 5.56 Å². The molecule has 0 aliphatic carbocycles. The minimum absolute atomic E-state index is 0.181. The van der Waals surface area contributed by atoms with Crippen LogP contribution in [-0.4, -0.2) is 14.6 Å². The summed E-state index contributed by atoms with van der Waals surface area (Å²) >= 11 is 1.71. The first-order valence-electron chi connectivity index (χ1n) is 10.3. The van der Waals surface area contributed by atoms with Crippen molar-refractivity contribution in [1.82, 2.24) is 14.6 Å². The first-order chi connectivity index (χ1) is 15.8. The van der Waals surface area contributed by atoms with Crippen molar-refractivity contribution in [2.45, 2.75) is 23.0 Å². The first-order valence-corrected chi connectivity index (χ1v) is 11.1. The van der Waals surface area contributed by atoms with Crippen molar-refractivity contribution in [3.63, 3.8) is 0 Å². The molecule has 0 amide bonds. The molecule has 6 heteroatoms. The molecule has 1 N–H and O–H groups in total. The van der Waals surface area contributed by atoms with Crippen molar-refractivity contribution in [3.05, 3.63) is 119 Å². The number of aromatic nitrogens is 3. The van der Waals surface area contributed by atoms with Gasteiger partial charge in [-0.3, -0.25) is 4.79 Å². The molecule has 0 saturated heterocycles. The smallest absolute Gasteiger partial charge is 0.274 e. The van der Waals surface area contributed by atoms with E-state index in [-0.39, 0.29) is 5.56 Å². The summed E-state index contributed by atoms with van der Waals surface area (Å²) in [6.07, 6.45) is 1.72. The maximum Gasteiger partial charge on any atom is 0.274 e. The molecule has 0 aliphatic rings. The Kier molecular flexibility index (Phi) is 5.87. The van der Waals surface area contributed by atoms with Crippen LogP contribution >= 0.6 is 11.8 Å². The number of H-pyrrole nitrogens is 1. The van der Waals surface area contributed by atoms with E-state index in [2.05, 4.69) is 46.5 Å². The zero-order valence-corrected chi connectivity index (χ0v) is 18.1. The van der Waals surface area contributed by atoms with Gasteiger partial charge in [0.05, 0.1) is 19.4 Å². The van der Waals surface area contributed by atoms with Crippen molar-refractivity contribution in [1.29, 1.82) is 0 Å². The number of rotatable bonds is 7. The van der Waals surface area contributed by atoms with E-state index in [1.165, 1.54) is 15.5 Å². The molecule has 32 heavy (non-hydrogen) atoms. The van der Waals surface area contributed by atoms with E-state index in [0.717, 1.165) is 27.3 Å². The largest absolute Gasteiger partial charge is 0.371 e. The average Bonchev–Trinajstić information content (AvgIpc) is 3.26. The molecule has 0 aliphatic heterocycles. The van der Waals surface area contributed by atoms with Crippen molar-refractivity contribution in [3.8, 4) is 11.1 Å². The van der Waals surface area contributed by atoms with Gasteiger partial charge in [-0.25, -0.2) is 0 Å². The van der Waals surface area contributed by atoms with Crippen LogP contribution in [0.5, 0.6) is 0 Å². The fourth-order valence-corrected chi connectivity index (χ4v) is 4.34. The fraction of sp³-hybridized carbons (Fsp3) is 0.0769. The maximum atomic E-state index is 12.6. The van der Waals surface area contributed by atoms with Crippen molar-refractivity contribution in [2.75, 3.05) is 0 Å². The van der Waals surface area contributed by atoms with Crippen LogP contribution in [0, 0.1) is 0 Å². The SMILES string of the molecule is O=c1cc(COCc2ccccc2)[nH]c2c(-c3ccc(Sc4ccccc4)cc3)cnn12. The monoisotopic (exact) mass is 439 g/mol. The van der Waals surface area contributed by atoms with Crippen LogP contribution in [0.4, 0.5) is 0 Å². The van der Waals surface area contributed by atoms with E-state index < -0.39 is 0 Å². The third kappa shape index (κ3) is 4.51. The number of ether oxygens (including phenoxy) is 1. The Bertz CT molecular complexity index is 1380. The normalized spacial score (nSPS) is 11.1. The Hall–Kier alpha value is -3.61. The molecule has 0 saturated carbocycles. The lowest BCUT2D eigenvalue weighted by atomic mass is 10.1. The van der Waals surface area contributed by atoms with E-state index in [1.54, 1.807) is 18.0 Å². The Morgan fingerprint density at radius 1 is 0.844 bits per heavy atom. The molecule has 0 radical (unpaired) electrons. The highest BCUT2D eigenvalue weighted by atomic mass is 32.2. The quantitative estimate of drug-likeness (QED) is 0.361. The Morgan fingerprint density at radius 3 is 2.28 bits per heavy atom. The summed E-state index contributed by atoms with van der Waals surface area (Å²) < 4.78 is 7.19. The van der Waals surface area contributed by atoms with Gasteiger partial charge in [0.15, 0.2) is 0 Å². The van der Waals surface area contributed by atoms with E-state index >= 15 is 0 Å². The molecular formula is C26H21N3O2S. The van der Waals surface area contributed by atoms with E-state index in [9.17, 15) is 4.79 Å². The van der Waals surface area contributed by atoms with E-state index in [1.807, 2.05) is 48.5 Å². The van der Waals surface area contributed by atoms with Gasteiger partial charge in [-0.1, -0.05) is 72.4 Å². The molecule has 0 spiro atoms. The summed E-state index contributed by atoms with van der Waals surface area (Å²) in [6.45, 7) is 0.804. The summed E-state index contributed by atoms with van der Waals surface area (Å²) in [5, 5.41) is 4.28. The predicted octanol–water partition coefficient (Wildman–Crippen LogP) is 5.56. The summed E-state index contributed by atoms with van der Waals surface area (Å²) in [7, 11) is 0. The number of hydrogen-bond acceptors (Lipinski definition) is 4. The van der Waals surface area contributed by atoms with Gasteiger partial charge in [0.1, 0.15) is 5.65 Å². The molecule has 0 fully saturated rings. The molecule has 2 aromatic heterocycles. The standard InChI is InChI=1S/C26H21N3O2S/c30-25-15-21(18-31-17-19-7-3-1-4-8-19)28-26-24(16-27-29(25)26)20-11-13-23(14-12-20)32-22-9-5-2-6-10-22/h1-16,28H,17-18H2. The lowest BCUT2D eigenvalue weighted by Crippen LogP contribution is -2.16. The van der Waals surface area contributed by atoms with Gasteiger partial charge < -0.3 is 9.72 Å². The molecule has 0 bridgehead atoms. The second-order valence-electron chi connectivity index (χ2n) is 7.37. The van der Waals surface area contributed by atoms with Crippen LogP contribution in [-0.2, 0) is 18.0 Å². The van der Waals surface area contributed by atoms with Crippen molar-refractivity contribution < 1.29 is 4.74 Å². The third-order valence-electron chi connectivity index (χ3n) is 5.07. The second kappa shape index (κ2) is 9.26. The molecule has 5 rings (SSSR count). The molecule has 2 heterocycles. The van der Waals surface area contributed by atoms with Gasteiger partial charge in [-0.05, 0) is 35.4 Å². The maximum absolute atomic E-state index is 12.6. The third-order valence-corrected chi connectivity index (χ3v) is 6.08. The summed E-state index contributed by atoms with van der Waals surface area (Å²) in [5.41, 5.74) is 4.17. The highest BCUT2D eigenvalue weighted by Gasteiger charge is 2.11. The highest BCUT2D eigenvalue weighted by Crippen LogP contribution is 2.30. The van der Waals surface area contributed by atoms with Gasteiger partial charge in [0, 0.05) is 27.1 Å². The van der Waals surface area contributed by atoms with Crippen LogP contribution in [0.25, 0.3) is 16.8 Å². The Morgan fingerprint density at radius 2 is 1.53 bits per heavy atom. The van der Waals surface area contributed by atoms with E-state index in [4.69, 9.17) is 4.74 Å². The molecule has 158 valence electrons. The molecule has 5 aromatic rings. The van der Waals surface area contributed by atoms with Gasteiger partial charge >= 0.3 is 0 Å². The molecule has 5 nitrogen and oxygen atoms in total. The minimum Gasteiger partial charge on any atom is -0.371 e. The van der Waals surface area contributed by atoms with Crippen LogP contribution in [0.15, 0.2) is 112 Å². The second-order valence-corrected chi connectivity index (χ2v) is 8.52. The lowest BCUT2D eigenvalue weighted by molar-refractivity contribution is 0.104. The first kappa shape index (κ1) is 20.3. The van der Waals surface area contributed by atoms with Crippen molar-refractivity contribution in [2.24, 2.45) is 0 Å². The number of nitrogens with one attached hydrogen (secondary N) is 1. The minimum atomic E-state index is -0.181. The molecule has 3 aromatic carbocycles. The topological polar surface area (TPSA) is 59.4 Å². The van der Waals surface area contributed by atoms with Crippen LogP contribution in [0.1, 0.15) is 11.3 Å².